The fourth-order valence-corrected chi connectivity index (χ4v) is 1.73. The van der Waals surface area contributed by atoms with Crippen molar-refractivity contribution in [1.82, 2.24) is 9.55 Å². The van der Waals surface area contributed by atoms with Gasteiger partial charge in [-0.2, -0.15) is 0 Å². The van der Waals surface area contributed by atoms with Crippen molar-refractivity contribution in [1.29, 1.82) is 0 Å². The number of rotatable bonds is 6. The van der Waals surface area contributed by atoms with Crippen molar-refractivity contribution >= 4 is 21.9 Å². The molecule has 7 heteroatoms. The molecular weight excluding hydrogens is 292 g/mol. The van der Waals surface area contributed by atoms with Gasteiger partial charge in [-0.3, -0.25) is 19.1 Å². The Labute approximate surface area is 105 Å². The van der Waals surface area contributed by atoms with Crippen LogP contribution in [0.1, 0.15) is 25.7 Å². The largest absolute Gasteiger partial charge is 0.481 e. The van der Waals surface area contributed by atoms with Crippen LogP contribution in [0, 0.1) is 0 Å². The van der Waals surface area contributed by atoms with Gasteiger partial charge in [-0.25, -0.2) is 4.79 Å². The van der Waals surface area contributed by atoms with E-state index < -0.39 is 17.2 Å². The van der Waals surface area contributed by atoms with Crippen LogP contribution in [-0.2, 0) is 11.3 Å². The van der Waals surface area contributed by atoms with Crippen LogP contribution in [0.2, 0.25) is 0 Å². The van der Waals surface area contributed by atoms with Gasteiger partial charge in [0.15, 0.2) is 0 Å². The lowest BCUT2D eigenvalue weighted by molar-refractivity contribution is -0.137. The summed E-state index contributed by atoms with van der Waals surface area (Å²) in [6, 6.07) is 0. The molecule has 0 saturated heterocycles. The third-order valence-corrected chi connectivity index (χ3v) is 2.82. The molecule has 1 aromatic rings. The summed E-state index contributed by atoms with van der Waals surface area (Å²) < 4.78 is 1.70. The van der Waals surface area contributed by atoms with Gasteiger partial charge in [0, 0.05) is 19.2 Å². The lowest BCUT2D eigenvalue weighted by atomic mass is 10.2. The van der Waals surface area contributed by atoms with Gasteiger partial charge in [0.2, 0.25) is 0 Å². The Bertz CT molecular complexity index is 506. The highest BCUT2D eigenvalue weighted by molar-refractivity contribution is 9.10. The second kappa shape index (κ2) is 6.39. The third kappa shape index (κ3) is 4.56. The summed E-state index contributed by atoms with van der Waals surface area (Å²) in [5.41, 5.74) is -0.895. The topological polar surface area (TPSA) is 92.2 Å². The van der Waals surface area contributed by atoms with E-state index in [1.165, 1.54) is 10.8 Å². The average molecular weight is 305 g/mol. The minimum absolute atomic E-state index is 0.143. The van der Waals surface area contributed by atoms with E-state index in [2.05, 4.69) is 20.9 Å². The van der Waals surface area contributed by atoms with Crippen molar-refractivity contribution in [2.75, 3.05) is 0 Å². The summed E-state index contributed by atoms with van der Waals surface area (Å²) in [6.07, 6.45) is 3.61. The summed E-state index contributed by atoms with van der Waals surface area (Å²) >= 11 is 3.04. The van der Waals surface area contributed by atoms with E-state index in [4.69, 9.17) is 5.11 Å². The van der Waals surface area contributed by atoms with E-state index in [1.54, 1.807) is 0 Å². The van der Waals surface area contributed by atoms with Gasteiger partial charge in [-0.1, -0.05) is 6.42 Å². The number of carboxylic acid groups (broad SMARTS) is 1. The number of aromatic amines is 1. The van der Waals surface area contributed by atoms with Crippen LogP contribution in [-0.4, -0.2) is 20.6 Å². The summed E-state index contributed by atoms with van der Waals surface area (Å²) in [7, 11) is 0. The number of aryl methyl sites for hydroxylation is 1. The van der Waals surface area contributed by atoms with Gasteiger partial charge >= 0.3 is 11.7 Å². The van der Waals surface area contributed by atoms with Crippen molar-refractivity contribution in [2.45, 2.75) is 32.2 Å². The molecule has 0 atom stereocenters. The summed E-state index contributed by atoms with van der Waals surface area (Å²) in [5.74, 6) is -0.811. The van der Waals surface area contributed by atoms with Gasteiger partial charge < -0.3 is 5.11 Å². The van der Waals surface area contributed by atoms with Crippen LogP contribution >= 0.6 is 15.9 Å². The number of aliphatic carboxylic acids is 1. The number of carbonyl (C=O) groups is 1. The highest BCUT2D eigenvalue weighted by Gasteiger charge is 2.02. The summed E-state index contributed by atoms with van der Waals surface area (Å²) in [6.45, 7) is 0.466. The van der Waals surface area contributed by atoms with E-state index in [1.807, 2.05) is 0 Å². The Morgan fingerprint density at radius 3 is 2.71 bits per heavy atom. The molecule has 0 bridgehead atoms. The molecule has 94 valence electrons. The van der Waals surface area contributed by atoms with Crippen LogP contribution in [0.25, 0.3) is 0 Å². The van der Waals surface area contributed by atoms with E-state index in [-0.39, 0.29) is 6.42 Å². The maximum Gasteiger partial charge on any atom is 0.328 e. The molecule has 1 heterocycles. The number of carboxylic acids is 1. The number of halogens is 1. The maximum atomic E-state index is 11.4. The molecule has 1 rings (SSSR count). The quantitative estimate of drug-likeness (QED) is 0.765. The predicted molar refractivity (Wildman–Crippen MR) is 65.1 cm³/mol. The number of hydrogen-bond acceptors (Lipinski definition) is 3. The Hall–Kier alpha value is -1.37. The Balaban J connectivity index is 2.47. The fourth-order valence-electron chi connectivity index (χ4n) is 1.38. The minimum Gasteiger partial charge on any atom is -0.481 e. The van der Waals surface area contributed by atoms with Gasteiger partial charge in [0.25, 0.3) is 5.56 Å². The van der Waals surface area contributed by atoms with Crippen LogP contribution in [0.3, 0.4) is 0 Å². The average Bonchev–Trinajstić information content (AvgIpc) is 2.24. The molecule has 0 unspecified atom stereocenters. The first-order chi connectivity index (χ1) is 8.00. The SMILES string of the molecule is O=C(O)CCCCCn1cc(Br)c(=O)[nH]c1=O. The molecule has 17 heavy (non-hydrogen) atoms. The van der Waals surface area contributed by atoms with Gasteiger partial charge in [0.05, 0.1) is 4.47 Å². The van der Waals surface area contributed by atoms with E-state index >= 15 is 0 Å². The van der Waals surface area contributed by atoms with Crippen LogP contribution in [0.5, 0.6) is 0 Å². The molecule has 0 aliphatic carbocycles. The van der Waals surface area contributed by atoms with E-state index in [0.717, 1.165) is 6.42 Å². The van der Waals surface area contributed by atoms with Crippen molar-refractivity contribution in [3.63, 3.8) is 0 Å². The van der Waals surface area contributed by atoms with Gasteiger partial charge in [-0.15, -0.1) is 0 Å². The molecule has 0 aromatic carbocycles. The van der Waals surface area contributed by atoms with Crippen LogP contribution < -0.4 is 11.2 Å². The third-order valence-electron chi connectivity index (χ3n) is 2.26. The van der Waals surface area contributed by atoms with Crippen molar-refractivity contribution in [3.8, 4) is 0 Å². The minimum atomic E-state index is -0.811. The monoisotopic (exact) mass is 304 g/mol. The van der Waals surface area contributed by atoms with E-state index in [0.29, 0.717) is 23.9 Å². The number of unbranched alkanes of at least 4 members (excludes halogenated alkanes) is 2. The molecule has 2 N–H and O–H groups in total. The molecular formula is C10H13BrN2O4. The van der Waals surface area contributed by atoms with Gasteiger partial charge in [0.1, 0.15) is 0 Å². The predicted octanol–water partition coefficient (Wildman–Crippen LogP) is 0.944. The summed E-state index contributed by atoms with van der Waals surface area (Å²) in [5, 5.41) is 8.44. The number of H-pyrrole nitrogens is 1. The molecule has 0 aliphatic rings. The second-order valence-corrected chi connectivity index (χ2v) is 4.49. The van der Waals surface area contributed by atoms with E-state index in [9.17, 15) is 14.4 Å². The van der Waals surface area contributed by atoms with Crippen LogP contribution in [0.4, 0.5) is 0 Å². The van der Waals surface area contributed by atoms with Gasteiger partial charge in [-0.05, 0) is 28.8 Å². The van der Waals surface area contributed by atoms with Crippen LogP contribution in [0.15, 0.2) is 20.3 Å². The smallest absolute Gasteiger partial charge is 0.328 e. The molecule has 0 aliphatic heterocycles. The van der Waals surface area contributed by atoms with Crippen molar-refractivity contribution in [3.05, 3.63) is 31.5 Å². The number of hydrogen-bond donors (Lipinski definition) is 2. The molecule has 0 amide bonds. The Morgan fingerprint density at radius 2 is 2.06 bits per heavy atom. The zero-order chi connectivity index (χ0) is 12.8. The highest BCUT2D eigenvalue weighted by Crippen LogP contribution is 2.03. The molecule has 0 spiro atoms. The van der Waals surface area contributed by atoms with Crippen molar-refractivity contribution in [2.24, 2.45) is 0 Å². The lowest BCUT2D eigenvalue weighted by Gasteiger charge is -2.04. The highest BCUT2D eigenvalue weighted by atomic mass is 79.9. The fraction of sp³-hybridized carbons (Fsp3) is 0.500. The zero-order valence-corrected chi connectivity index (χ0v) is 10.7. The zero-order valence-electron chi connectivity index (χ0n) is 9.11. The number of nitrogens with one attached hydrogen (secondary N) is 1. The lowest BCUT2D eigenvalue weighted by Crippen LogP contribution is -2.29. The molecule has 6 nitrogen and oxygen atoms in total. The Morgan fingerprint density at radius 1 is 1.35 bits per heavy atom. The second-order valence-electron chi connectivity index (χ2n) is 3.63. The molecule has 0 fully saturated rings. The Kier molecular flexibility index (Phi) is 5.14. The van der Waals surface area contributed by atoms with Crippen molar-refractivity contribution < 1.29 is 9.90 Å². The normalized spacial score (nSPS) is 10.4. The number of nitrogens with zero attached hydrogens (tertiary/aromatic N) is 1. The first-order valence-corrected chi connectivity index (χ1v) is 6.01. The summed E-state index contributed by atoms with van der Waals surface area (Å²) in [4.78, 5) is 34.9. The standard InChI is InChI=1S/C10H13BrN2O4/c11-7-6-13(10(17)12-9(7)16)5-3-1-2-4-8(14)15/h6H,1-5H2,(H,14,15)(H,12,16,17). The number of aromatic nitrogens is 2. The molecule has 0 saturated carbocycles. The molecule has 0 radical (unpaired) electrons. The maximum absolute atomic E-state index is 11.4. The first-order valence-electron chi connectivity index (χ1n) is 5.22. The molecule has 1 aromatic heterocycles. The first kappa shape index (κ1) is 13.7.